The summed E-state index contributed by atoms with van der Waals surface area (Å²) in [7, 11) is 0. The van der Waals surface area contributed by atoms with E-state index in [1.807, 2.05) is 0 Å². The SMILES string of the molecule is O=C(O)c1ncsc1NCc1ncc[nH]1. The largest absolute Gasteiger partial charge is 0.476 e. The van der Waals surface area contributed by atoms with E-state index in [9.17, 15) is 4.79 Å². The molecule has 6 nitrogen and oxygen atoms in total. The quantitative estimate of drug-likeness (QED) is 0.725. The molecule has 15 heavy (non-hydrogen) atoms. The number of H-pyrrole nitrogens is 1. The van der Waals surface area contributed by atoms with E-state index in [1.54, 1.807) is 12.4 Å². The van der Waals surface area contributed by atoms with Crippen molar-refractivity contribution in [2.75, 3.05) is 5.32 Å². The van der Waals surface area contributed by atoms with Crippen molar-refractivity contribution in [3.8, 4) is 0 Å². The Balaban J connectivity index is 2.05. The van der Waals surface area contributed by atoms with Crippen LogP contribution in [0.1, 0.15) is 16.3 Å². The highest BCUT2D eigenvalue weighted by Gasteiger charge is 2.12. The Morgan fingerprint density at radius 1 is 1.60 bits per heavy atom. The van der Waals surface area contributed by atoms with E-state index in [0.29, 0.717) is 11.5 Å². The average molecular weight is 224 g/mol. The molecule has 0 saturated carbocycles. The number of nitrogens with zero attached hydrogens (tertiary/aromatic N) is 2. The molecule has 0 radical (unpaired) electrons. The predicted molar refractivity (Wildman–Crippen MR) is 55.0 cm³/mol. The van der Waals surface area contributed by atoms with Crippen LogP contribution in [0.2, 0.25) is 0 Å². The molecule has 0 aliphatic carbocycles. The Kier molecular flexibility index (Phi) is 2.64. The lowest BCUT2D eigenvalue weighted by Gasteiger charge is -2.01. The van der Waals surface area contributed by atoms with Gasteiger partial charge in [0.05, 0.1) is 12.1 Å². The lowest BCUT2D eigenvalue weighted by atomic mass is 10.4. The van der Waals surface area contributed by atoms with Gasteiger partial charge in [0.2, 0.25) is 0 Å². The first-order chi connectivity index (χ1) is 7.27. The van der Waals surface area contributed by atoms with Gasteiger partial charge in [0.1, 0.15) is 10.8 Å². The highest BCUT2D eigenvalue weighted by atomic mass is 32.1. The predicted octanol–water partition coefficient (Wildman–Crippen LogP) is 1.18. The molecular formula is C8H8N4O2S. The van der Waals surface area contributed by atoms with Crippen LogP contribution < -0.4 is 5.32 Å². The molecule has 0 aliphatic heterocycles. The van der Waals surface area contributed by atoms with Crippen molar-refractivity contribution in [2.24, 2.45) is 0 Å². The normalized spacial score (nSPS) is 10.1. The molecule has 0 fully saturated rings. The summed E-state index contributed by atoms with van der Waals surface area (Å²) in [5, 5.41) is 12.3. The van der Waals surface area contributed by atoms with Crippen molar-refractivity contribution in [1.82, 2.24) is 15.0 Å². The smallest absolute Gasteiger partial charge is 0.357 e. The van der Waals surface area contributed by atoms with Crippen molar-refractivity contribution in [3.63, 3.8) is 0 Å². The van der Waals surface area contributed by atoms with Gasteiger partial charge in [-0.2, -0.15) is 0 Å². The van der Waals surface area contributed by atoms with Gasteiger partial charge in [-0.1, -0.05) is 0 Å². The van der Waals surface area contributed by atoms with Crippen LogP contribution >= 0.6 is 11.3 Å². The van der Waals surface area contributed by atoms with Crippen LogP contribution in [0.3, 0.4) is 0 Å². The van der Waals surface area contributed by atoms with E-state index in [4.69, 9.17) is 5.11 Å². The lowest BCUT2D eigenvalue weighted by molar-refractivity contribution is 0.0692. The third kappa shape index (κ3) is 2.13. The summed E-state index contributed by atoms with van der Waals surface area (Å²) in [6.07, 6.45) is 3.35. The summed E-state index contributed by atoms with van der Waals surface area (Å²) < 4.78 is 0. The van der Waals surface area contributed by atoms with E-state index in [-0.39, 0.29) is 5.69 Å². The molecule has 0 aliphatic rings. The lowest BCUT2D eigenvalue weighted by Crippen LogP contribution is -2.05. The van der Waals surface area contributed by atoms with Crippen molar-refractivity contribution >= 4 is 22.3 Å². The second-order valence-corrected chi connectivity index (χ2v) is 3.58. The molecule has 3 N–H and O–H groups in total. The van der Waals surface area contributed by atoms with Crippen LogP contribution in [-0.2, 0) is 6.54 Å². The fraction of sp³-hybridized carbons (Fsp3) is 0.125. The number of nitrogens with one attached hydrogen (secondary N) is 2. The molecule has 7 heteroatoms. The first-order valence-corrected chi connectivity index (χ1v) is 5.04. The van der Waals surface area contributed by atoms with Crippen LogP contribution in [0.5, 0.6) is 0 Å². The maximum atomic E-state index is 10.7. The second-order valence-electron chi connectivity index (χ2n) is 2.72. The maximum Gasteiger partial charge on any atom is 0.357 e. The summed E-state index contributed by atoms with van der Waals surface area (Å²) in [6.45, 7) is 0.454. The van der Waals surface area contributed by atoms with Gasteiger partial charge in [-0.25, -0.2) is 14.8 Å². The molecule has 78 valence electrons. The fourth-order valence-corrected chi connectivity index (χ4v) is 1.75. The van der Waals surface area contributed by atoms with Gasteiger partial charge in [-0.3, -0.25) is 0 Å². The minimum Gasteiger partial charge on any atom is -0.476 e. The van der Waals surface area contributed by atoms with Crippen LogP contribution in [0.25, 0.3) is 0 Å². The molecule has 0 saturated heterocycles. The molecule has 2 heterocycles. The van der Waals surface area contributed by atoms with Gasteiger partial charge in [-0.15, -0.1) is 11.3 Å². The minimum atomic E-state index is -1.03. The number of aromatic carboxylic acids is 1. The van der Waals surface area contributed by atoms with Crippen LogP contribution in [0.15, 0.2) is 17.9 Å². The minimum absolute atomic E-state index is 0.0477. The summed E-state index contributed by atoms with van der Waals surface area (Å²) in [4.78, 5) is 21.4. The summed E-state index contributed by atoms with van der Waals surface area (Å²) in [6, 6.07) is 0. The number of anilines is 1. The maximum absolute atomic E-state index is 10.7. The highest BCUT2D eigenvalue weighted by Crippen LogP contribution is 2.20. The molecular weight excluding hydrogens is 216 g/mol. The van der Waals surface area contributed by atoms with Crippen LogP contribution in [-0.4, -0.2) is 26.0 Å². The van der Waals surface area contributed by atoms with Gasteiger partial charge < -0.3 is 15.4 Å². The number of carboxylic acid groups (broad SMARTS) is 1. The Morgan fingerprint density at radius 2 is 2.47 bits per heavy atom. The van der Waals surface area contributed by atoms with Crippen LogP contribution in [0.4, 0.5) is 5.00 Å². The molecule has 2 rings (SSSR count). The molecule has 0 aromatic carbocycles. The monoisotopic (exact) mass is 224 g/mol. The number of carboxylic acids is 1. The van der Waals surface area contributed by atoms with E-state index in [1.165, 1.54) is 16.8 Å². The topological polar surface area (TPSA) is 90.9 Å². The number of thiazole rings is 1. The molecule has 0 unspecified atom stereocenters. The van der Waals surface area contributed by atoms with Gasteiger partial charge in [0.15, 0.2) is 5.69 Å². The van der Waals surface area contributed by atoms with Gasteiger partial charge in [-0.05, 0) is 0 Å². The third-order valence-electron chi connectivity index (χ3n) is 1.74. The standard InChI is InChI=1S/C8H8N4O2S/c13-8(14)6-7(15-4-12-6)11-3-5-9-1-2-10-5/h1-2,4,11H,3H2,(H,9,10)(H,13,14). The highest BCUT2D eigenvalue weighted by molar-refractivity contribution is 7.14. The fourth-order valence-electron chi connectivity index (χ4n) is 1.08. The van der Waals surface area contributed by atoms with E-state index < -0.39 is 5.97 Å². The Labute approximate surface area is 89.0 Å². The van der Waals surface area contributed by atoms with Crippen molar-refractivity contribution in [2.45, 2.75) is 6.54 Å². The zero-order valence-corrected chi connectivity index (χ0v) is 8.41. The zero-order valence-electron chi connectivity index (χ0n) is 7.60. The second kappa shape index (κ2) is 4.09. The van der Waals surface area contributed by atoms with Crippen molar-refractivity contribution in [3.05, 3.63) is 29.4 Å². The van der Waals surface area contributed by atoms with Gasteiger partial charge in [0, 0.05) is 12.4 Å². The molecule has 0 atom stereocenters. The van der Waals surface area contributed by atoms with E-state index in [0.717, 1.165) is 5.82 Å². The van der Waals surface area contributed by atoms with Gasteiger partial charge in [0.25, 0.3) is 0 Å². The van der Waals surface area contributed by atoms with Crippen molar-refractivity contribution < 1.29 is 9.90 Å². The Morgan fingerprint density at radius 3 is 3.13 bits per heavy atom. The molecule has 0 spiro atoms. The zero-order chi connectivity index (χ0) is 10.7. The van der Waals surface area contributed by atoms with Crippen molar-refractivity contribution in [1.29, 1.82) is 0 Å². The van der Waals surface area contributed by atoms with Crippen LogP contribution in [0, 0.1) is 0 Å². The third-order valence-corrected chi connectivity index (χ3v) is 2.53. The van der Waals surface area contributed by atoms with E-state index in [2.05, 4.69) is 20.3 Å². The van der Waals surface area contributed by atoms with Gasteiger partial charge >= 0.3 is 5.97 Å². The molecule has 0 amide bonds. The Bertz CT molecular complexity index is 451. The molecule has 2 aromatic rings. The molecule has 2 aromatic heterocycles. The number of aromatic nitrogens is 3. The number of carbonyl (C=O) groups is 1. The summed E-state index contributed by atoms with van der Waals surface area (Å²) in [5.41, 5.74) is 1.54. The number of hydrogen-bond acceptors (Lipinski definition) is 5. The average Bonchev–Trinajstić information content (AvgIpc) is 2.86. The van der Waals surface area contributed by atoms with E-state index >= 15 is 0 Å². The Hall–Kier alpha value is -1.89. The summed E-state index contributed by atoms with van der Waals surface area (Å²) in [5.74, 6) is -0.280. The number of aromatic amines is 1. The number of rotatable bonds is 4. The first-order valence-electron chi connectivity index (χ1n) is 4.16. The first kappa shape index (κ1) is 9.66. The molecule has 0 bridgehead atoms. The number of imidazole rings is 1. The summed E-state index contributed by atoms with van der Waals surface area (Å²) >= 11 is 1.26. The number of hydrogen-bond donors (Lipinski definition) is 3.